The Hall–Kier alpha value is -2.34. The van der Waals surface area contributed by atoms with Crippen molar-refractivity contribution < 1.29 is 14.0 Å². The molecule has 0 spiro atoms. The summed E-state index contributed by atoms with van der Waals surface area (Å²) in [5, 5.41) is 5.47. The van der Waals surface area contributed by atoms with Crippen LogP contribution in [0.2, 0.25) is 0 Å². The predicted molar refractivity (Wildman–Crippen MR) is 92.9 cm³/mol. The molecule has 6 heteroatoms. The van der Waals surface area contributed by atoms with Gasteiger partial charge in [-0.05, 0) is 48.9 Å². The first kappa shape index (κ1) is 17.0. The molecule has 0 bridgehead atoms. The number of amides is 2. The monoisotopic (exact) mass is 376 g/mol. The van der Waals surface area contributed by atoms with E-state index in [1.54, 1.807) is 18.2 Å². The molecule has 0 saturated carbocycles. The molecule has 0 unspecified atom stereocenters. The van der Waals surface area contributed by atoms with E-state index in [1.807, 2.05) is 25.1 Å². The standard InChI is InChI=1S/C17H17BrN2O3/c1-12-11-13(18)4-6-15(12)20-17(22)8-9-19-16(21)7-5-14-3-2-10-23-14/h2-7,10-11H,8-9H2,1H3,(H,19,21)(H,20,22)/b7-5+. The van der Waals surface area contributed by atoms with Gasteiger partial charge in [0.25, 0.3) is 0 Å². The molecule has 2 rings (SSSR count). The highest BCUT2D eigenvalue weighted by Gasteiger charge is 2.05. The molecule has 0 radical (unpaired) electrons. The summed E-state index contributed by atoms with van der Waals surface area (Å²) in [6.45, 7) is 2.18. The molecule has 2 N–H and O–H groups in total. The summed E-state index contributed by atoms with van der Waals surface area (Å²) in [7, 11) is 0. The van der Waals surface area contributed by atoms with Crippen molar-refractivity contribution in [2.45, 2.75) is 13.3 Å². The van der Waals surface area contributed by atoms with Crippen LogP contribution in [-0.2, 0) is 9.59 Å². The van der Waals surface area contributed by atoms with Crippen LogP contribution in [0.1, 0.15) is 17.7 Å². The van der Waals surface area contributed by atoms with Crippen LogP contribution in [0.25, 0.3) is 6.08 Å². The van der Waals surface area contributed by atoms with Gasteiger partial charge in [0.1, 0.15) is 5.76 Å². The number of anilines is 1. The van der Waals surface area contributed by atoms with Crippen molar-refractivity contribution in [2.24, 2.45) is 0 Å². The van der Waals surface area contributed by atoms with E-state index in [1.165, 1.54) is 12.3 Å². The first-order valence-corrected chi connectivity index (χ1v) is 7.89. The number of nitrogens with one attached hydrogen (secondary N) is 2. The molecular formula is C17H17BrN2O3. The molecule has 5 nitrogen and oxygen atoms in total. The minimum Gasteiger partial charge on any atom is -0.465 e. The largest absolute Gasteiger partial charge is 0.465 e. The summed E-state index contributed by atoms with van der Waals surface area (Å²) in [6.07, 6.45) is 4.68. The van der Waals surface area contributed by atoms with Crippen molar-refractivity contribution >= 4 is 39.5 Å². The van der Waals surface area contributed by atoms with Gasteiger partial charge in [-0.1, -0.05) is 15.9 Å². The maximum absolute atomic E-state index is 11.9. The van der Waals surface area contributed by atoms with Gasteiger partial charge in [-0.2, -0.15) is 0 Å². The fraction of sp³-hybridized carbons (Fsp3) is 0.176. The lowest BCUT2D eigenvalue weighted by Crippen LogP contribution is -2.26. The van der Waals surface area contributed by atoms with Crippen LogP contribution in [0.15, 0.2) is 51.6 Å². The zero-order chi connectivity index (χ0) is 16.7. The van der Waals surface area contributed by atoms with Gasteiger partial charge >= 0.3 is 0 Å². The van der Waals surface area contributed by atoms with Gasteiger partial charge in [0, 0.05) is 29.2 Å². The third kappa shape index (κ3) is 5.75. The number of carbonyl (C=O) groups excluding carboxylic acids is 2. The maximum Gasteiger partial charge on any atom is 0.244 e. The van der Waals surface area contributed by atoms with Crippen LogP contribution in [0.4, 0.5) is 5.69 Å². The molecular weight excluding hydrogens is 360 g/mol. The molecule has 23 heavy (non-hydrogen) atoms. The van der Waals surface area contributed by atoms with Crippen LogP contribution in [0.3, 0.4) is 0 Å². The van der Waals surface area contributed by atoms with Gasteiger partial charge in [0.05, 0.1) is 6.26 Å². The number of benzene rings is 1. The second-order valence-corrected chi connectivity index (χ2v) is 5.81. The fourth-order valence-corrected chi connectivity index (χ4v) is 2.36. The Morgan fingerprint density at radius 2 is 2.13 bits per heavy atom. The second kappa shape index (κ2) is 8.33. The lowest BCUT2D eigenvalue weighted by molar-refractivity contribution is -0.117. The van der Waals surface area contributed by atoms with Crippen LogP contribution < -0.4 is 10.6 Å². The van der Waals surface area contributed by atoms with Crippen molar-refractivity contribution in [2.75, 3.05) is 11.9 Å². The van der Waals surface area contributed by atoms with Crippen LogP contribution in [0, 0.1) is 6.92 Å². The van der Waals surface area contributed by atoms with E-state index in [0.29, 0.717) is 5.76 Å². The summed E-state index contributed by atoms with van der Waals surface area (Å²) in [5.74, 6) is 0.184. The first-order valence-electron chi connectivity index (χ1n) is 7.10. The minimum atomic E-state index is -0.269. The first-order chi connectivity index (χ1) is 11.0. The van der Waals surface area contributed by atoms with Gasteiger partial charge in [0.15, 0.2) is 0 Å². The third-order valence-electron chi connectivity index (χ3n) is 3.06. The second-order valence-electron chi connectivity index (χ2n) is 4.90. The van der Waals surface area contributed by atoms with Crippen molar-refractivity contribution in [3.63, 3.8) is 0 Å². The van der Waals surface area contributed by atoms with Gasteiger partial charge in [-0.25, -0.2) is 0 Å². The molecule has 0 saturated heterocycles. The lowest BCUT2D eigenvalue weighted by Gasteiger charge is -2.09. The number of halogens is 1. The number of furan rings is 1. The molecule has 0 aliphatic rings. The Labute approximate surface area is 142 Å². The van der Waals surface area contributed by atoms with E-state index >= 15 is 0 Å². The van der Waals surface area contributed by atoms with Gasteiger partial charge in [0.2, 0.25) is 11.8 Å². The highest BCUT2D eigenvalue weighted by Crippen LogP contribution is 2.20. The molecule has 0 atom stereocenters. The molecule has 2 amide bonds. The normalized spacial score (nSPS) is 10.7. The Morgan fingerprint density at radius 3 is 2.83 bits per heavy atom. The molecule has 1 aromatic carbocycles. The number of hydrogen-bond donors (Lipinski definition) is 2. The van der Waals surface area contributed by atoms with Crippen molar-refractivity contribution in [3.05, 3.63) is 58.5 Å². The van der Waals surface area contributed by atoms with E-state index in [4.69, 9.17) is 4.42 Å². The quantitative estimate of drug-likeness (QED) is 0.757. The Balaban J connectivity index is 1.73. The zero-order valence-electron chi connectivity index (χ0n) is 12.6. The number of aryl methyl sites for hydroxylation is 1. The highest BCUT2D eigenvalue weighted by atomic mass is 79.9. The number of hydrogen-bond acceptors (Lipinski definition) is 3. The van der Waals surface area contributed by atoms with Crippen molar-refractivity contribution in [1.29, 1.82) is 0 Å². The average Bonchev–Trinajstić information content (AvgIpc) is 3.01. The molecule has 1 aromatic heterocycles. The van der Waals surface area contributed by atoms with E-state index in [2.05, 4.69) is 26.6 Å². The minimum absolute atomic E-state index is 0.147. The van der Waals surface area contributed by atoms with Gasteiger partial charge in [-0.3, -0.25) is 9.59 Å². The van der Waals surface area contributed by atoms with Crippen molar-refractivity contribution in [3.8, 4) is 0 Å². The highest BCUT2D eigenvalue weighted by molar-refractivity contribution is 9.10. The SMILES string of the molecule is Cc1cc(Br)ccc1NC(=O)CCNC(=O)/C=C/c1ccco1. The molecule has 0 aliphatic heterocycles. The molecule has 120 valence electrons. The summed E-state index contributed by atoms with van der Waals surface area (Å²) >= 11 is 3.38. The molecule has 0 fully saturated rings. The van der Waals surface area contributed by atoms with E-state index in [9.17, 15) is 9.59 Å². The van der Waals surface area contributed by atoms with Crippen LogP contribution in [0.5, 0.6) is 0 Å². The van der Waals surface area contributed by atoms with Crippen LogP contribution in [-0.4, -0.2) is 18.4 Å². The zero-order valence-corrected chi connectivity index (χ0v) is 14.2. The molecule has 0 aliphatic carbocycles. The summed E-state index contributed by atoms with van der Waals surface area (Å²) in [6, 6.07) is 9.12. The number of rotatable bonds is 6. The molecule has 1 heterocycles. The molecule has 2 aromatic rings. The Morgan fingerprint density at radius 1 is 1.30 bits per heavy atom. The van der Waals surface area contributed by atoms with E-state index < -0.39 is 0 Å². The summed E-state index contributed by atoms with van der Waals surface area (Å²) in [4.78, 5) is 23.5. The lowest BCUT2D eigenvalue weighted by atomic mass is 10.2. The van der Waals surface area contributed by atoms with Gasteiger partial charge < -0.3 is 15.1 Å². The van der Waals surface area contributed by atoms with E-state index in [0.717, 1.165) is 15.7 Å². The average molecular weight is 377 g/mol. The van der Waals surface area contributed by atoms with Crippen molar-refractivity contribution in [1.82, 2.24) is 5.32 Å². The Kier molecular flexibility index (Phi) is 6.17. The summed E-state index contributed by atoms with van der Waals surface area (Å²) in [5.41, 5.74) is 1.74. The van der Waals surface area contributed by atoms with E-state index in [-0.39, 0.29) is 24.8 Å². The van der Waals surface area contributed by atoms with Crippen LogP contribution >= 0.6 is 15.9 Å². The predicted octanol–water partition coefficient (Wildman–Crippen LogP) is 3.51. The fourth-order valence-electron chi connectivity index (χ4n) is 1.88. The smallest absolute Gasteiger partial charge is 0.244 e. The maximum atomic E-state index is 11.9. The Bertz CT molecular complexity index is 709. The topological polar surface area (TPSA) is 71.3 Å². The third-order valence-corrected chi connectivity index (χ3v) is 3.55. The number of carbonyl (C=O) groups is 2. The van der Waals surface area contributed by atoms with Gasteiger partial charge in [-0.15, -0.1) is 0 Å². The summed E-state index contributed by atoms with van der Waals surface area (Å²) < 4.78 is 6.04.